The molecule has 12 heteroatoms. The van der Waals surface area contributed by atoms with Gasteiger partial charge in [0, 0.05) is 22.2 Å². The number of nitrogens with one attached hydrogen (secondary N) is 1. The van der Waals surface area contributed by atoms with Gasteiger partial charge in [0.1, 0.15) is 17.1 Å². The number of phenolic OH excluding ortho intramolecular Hbond substituents is 1. The van der Waals surface area contributed by atoms with Crippen LogP contribution in [0.2, 0.25) is 10.0 Å². The van der Waals surface area contributed by atoms with Gasteiger partial charge in [-0.3, -0.25) is 9.35 Å². The molecule has 0 aliphatic heterocycles. The molecule has 1 amide bonds. The van der Waals surface area contributed by atoms with Crippen molar-refractivity contribution in [3.05, 3.63) is 81.8 Å². The number of amides is 1. The molecule has 0 aliphatic rings. The summed E-state index contributed by atoms with van der Waals surface area (Å²) in [5.74, 6) is -0.640. The molecule has 0 fully saturated rings. The van der Waals surface area contributed by atoms with Crippen LogP contribution >= 0.6 is 23.2 Å². The van der Waals surface area contributed by atoms with Gasteiger partial charge in [-0.05, 0) is 55.1 Å². The number of carbonyl (C=O) groups is 1. The van der Waals surface area contributed by atoms with Crippen molar-refractivity contribution in [1.82, 2.24) is 0 Å². The number of azo groups is 1. The summed E-state index contributed by atoms with van der Waals surface area (Å²) in [6.45, 7) is 3.76. The number of ether oxygens (including phenoxy) is 1. The second-order valence-corrected chi connectivity index (χ2v) is 10.4. The van der Waals surface area contributed by atoms with Gasteiger partial charge in [-0.25, -0.2) is 0 Å². The molecule has 0 atom stereocenters. The summed E-state index contributed by atoms with van der Waals surface area (Å²) in [5.41, 5.74) is 0.502. The van der Waals surface area contributed by atoms with Crippen molar-refractivity contribution >= 4 is 67.1 Å². The Morgan fingerprint density at radius 3 is 2.50 bits per heavy atom. The maximum Gasteiger partial charge on any atom is 0.294 e. The normalized spacial score (nSPS) is 11.7. The molecule has 0 unspecified atom stereocenters. The predicted molar refractivity (Wildman–Crippen MR) is 146 cm³/mol. The quantitative estimate of drug-likeness (QED) is 0.155. The standard InChI is InChI=1S/C26H21Cl2N3O6S/c1-3-37-18-11-16(27)10-17(12-18)29-26(33)21-9-15-6-4-5-7-20(15)24(25(21)32)31-30-22-13-19(38(34,35)36)8-14(2)23(22)28/h4-13,32H,3H2,1-2H3,(H,29,33)(H,34,35,36). The first-order valence-electron chi connectivity index (χ1n) is 11.2. The van der Waals surface area contributed by atoms with Gasteiger partial charge in [0.2, 0.25) is 0 Å². The molecule has 0 spiro atoms. The minimum Gasteiger partial charge on any atom is -0.505 e. The van der Waals surface area contributed by atoms with E-state index in [4.69, 9.17) is 27.9 Å². The van der Waals surface area contributed by atoms with E-state index in [0.717, 1.165) is 6.07 Å². The molecule has 4 rings (SSSR count). The first-order chi connectivity index (χ1) is 18.0. The van der Waals surface area contributed by atoms with Crippen molar-refractivity contribution in [2.75, 3.05) is 11.9 Å². The van der Waals surface area contributed by atoms with E-state index in [1.807, 2.05) is 6.92 Å². The number of hydrogen-bond acceptors (Lipinski definition) is 7. The van der Waals surface area contributed by atoms with Crippen LogP contribution in [0.5, 0.6) is 11.5 Å². The van der Waals surface area contributed by atoms with Crippen LogP contribution in [-0.4, -0.2) is 30.6 Å². The summed E-state index contributed by atoms with van der Waals surface area (Å²) in [4.78, 5) is 12.8. The van der Waals surface area contributed by atoms with E-state index in [9.17, 15) is 22.9 Å². The number of benzene rings is 4. The van der Waals surface area contributed by atoms with Crippen LogP contribution in [0.3, 0.4) is 0 Å². The van der Waals surface area contributed by atoms with E-state index >= 15 is 0 Å². The Balaban J connectivity index is 1.79. The number of phenols is 1. The van der Waals surface area contributed by atoms with Gasteiger partial charge in [-0.15, -0.1) is 10.2 Å². The van der Waals surface area contributed by atoms with Crippen molar-refractivity contribution in [1.29, 1.82) is 0 Å². The van der Waals surface area contributed by atoms with E-state index in [-0.39, 0.29) is 22.0 Å². The molecular formula is C26H21Cl2N3O6S. The lowest BCUT2D eigenvalue weighted by molar-refractivity contribution is 0.102. The van der Waals surface area contributed by atoms with E-state index in [1.165, 1.54) is 18.2 Å². The largest absolute Gasteiger partial charge is 0.505 e. The molecule has 3 N–H and O–H groups in total. The lowest BCUT2D eigenvalue weighted by Crippen LogP contribution is -2.12. The molecule has 0 aromatic heterocycles. The van der Waals surface area contributed by atoms with Crippen molar-refractivity contribution in [3.63, 3.8) is 0 Å². The van der Waals surface area contributed by atoms with Crippen molar-refractivity contribution in [2.45, 2.75) is 18.7 Å². The molecule has 0 saturated carbocycles. The molecule has 4 aromatic carbocycles. The molecule has 0 aliphatic carbocycles. The molecule has 0 radical (unpaired) electrons. The Morgan fingerprint density at radius 1 is 1.05 bits per heavy atom. The van der Waals surface area contributed by atoms with Crippen LogP contribution < -0.4 is 10.1 Å². The molecular weight excluding hydrogens is 553 g/mol. The van der Waals surface area contributed by atoms with Crippen LogP contribution in [0.25, 0.3) is 10.8 Å². The number of aromatic hydroxyl groups is 1. The average molecular weight is 574 g/mol. The molecule has 0 bridgehead atoms. The summed E-state index contributed by atoms with van der Waals surface area (Å²) < 4.78 is 38.2. The predicted octanol–water partition coefficient (Wildman–Crippen LogP) is 7.47. The maximum absolute atomic E-state index is 13.2. The fraction of sp³-hybridized carbons (Fsp3) is 0.115. The van der Waals surface area contributed by atoms with Gasteiger partial charge in [0.15, 0.2) is 5.75 Å². The van der Waals surface area contributed by atoms with E-state index in [2.05, 4.69) is 15.5 Å². The van der Waals surface area contributed by atoms with E-state index < -0.39 is 26.7 Å². The van der Waals surface area contributed by atoms with Gasteiger partial charge in [-0.1, -0.05) is 47.5 Å². The Hall–Kier alpha value is -3.70. The third-order valence-corrected chi connectivity index (χ3v) is 6.99. The second-order valence-electron chi connectivity index (χ2n) is 8.15. The van der Waals surface area contributed by atoms with Crippen molar-refractivity contribution < 1.29 is 27.6 Å². The average Bonchev–Trinajstić information content (AvgIpc) is 2.84. The highest BCUT2D eigenvalue weighted by atomic mass is 35.5. The zero-order valence-electron chi connectivity index (χ0n) is 20.1. The highest BCUT2D eigenvalue weighted by molar-refractivity contribution is 7.85. The fourth-order valence-corrected chi connectivity index (χ4v) is 4.68. The van der Waals surface area contributed by atoms with Crippen LogP contribution in [0.1, 0.15) is 22.8 Å². The molecule has 9 nitrogen and oxygen atoms in total. The van der Waals surface area contributed by atoms with Gasteiger partial charge >= 0.3 is 0 Å². The Labute approximate surface area is 228 Å². The van der Waals surface area contributed by atoms with Gasteiger partial charge < -0.3 is 15.2 Å². The number of aryl methyl sites for hydroxylation is 1. The molecule has 196 valence electrons. The monoisotopic (exact) mass is 573 g/mol. The summed E-state index contributed by atoms with van der Waals surface area (Å²) in [6, 6.07) is 15.4. The first kappa shape index (κ1) is 27.3. The van der Waals surface area contributed by atoms with Crippen molar-refractivity contribution in [2.24, 2.45) is 10.2 Å². The van der Waals surface area contributed by atoms with Crippen LogP contribution in [0, 0.1) is 6.92 Å². The minimum absolute atomic E-state index is 0.0414. The number of rotatable bonds is 7. The first-order valence-corrected chi connectivity index (χ1v) is 13.4. The van der Waals surface area contributed by atoms with Gasteiger partial charge in [0.05, 0.1) is 22.1 Å². The molecule has 38 heavy (non-hydrogen) atoms. The Kier molecular flexibility index (Phi) is 7.89. The number of nitrogens with zero attached hydrogens (tertiary/aromatic N) is 2. The highest BCUT2D eigenvalue weighted by Crippen LogP contribution is 2.41. The fourth-order valence-electron chi connectivity index (χ4n) is 3.72. The maximum atomic E-state index is 13.2. The lowest BCUT2D eigenvalue weighted by Gasteiger charge is -2.12. The van der Waals surface area contributed by atoms with Crippen molar-refractivity contribution in [3.8, 4) is 11.5 Å². The summed E-state index contributed by atoms with van der Waals surface area (Å²) in [6.07, 6.45) is 0. The number of carbonyl (C=O) groups excluding carboxylic acids is 1. The third-order valence-electron chi connectivity index (χ3n) is 5.44. The third kappa shape index (κ3) is 5.89. The number of hydrogen-bond donors (Lipinski definition) is 3. The smallest absolute Gasteiger partial charge is 0.294 e. The second kappa shape index (κ2) is 11.0. The molecule has 0 saturated heterocycles. The number of fused-ring (bicyclic) bond motifs is 1. The topological polar surface area (TPSA) is 138 Å². The van der Waals surface area contributed by atoms with Crippen LogP contribution in [-0.2, 0) is 10.1 Å². The minimum atomic E-state index is -4.53. The lowest BCUT2D eigenvalue weighted by atomic mass is 10.0. The van der Waals surface area contributed by atoms with Crippen LogP contribution in [0.4, 0.5) is 17.1 Å². The van der Waals surface area contributed by atoms with Gasteiger partial charge in [-0.2, -0.15) is 8.42 Å². The zero-order chi connectivity index (χ0) is 27.6. The SMILES string of the molecule is CCOc1cc(Cl)cc(NC(=O)c2cc3ccccc3c(N=Nc3cc(S(=O)(=O)O)cc(C)c3Cl)c2O)c1. The number of anilines is 1. The summed E-state index contributed by atoms with van der Waals surface area (Å²) >= 11 is 12.4. The van der Waals surface area contributed by atoms with E-state index in [1.54, 1.807) is 43.3 Å². The molecule has 4 aromatic rings. The van der Waals surface area contributed by atoms with E-state index in [0.29, 0.717) is 39.4 Å². The zero-order valence-corrected chi connectivity index (χ0v) is 22.4. The Morgan fingerprint density at radius 2 is 1.79 bits per heavy atom. The summed E-state index contributed by atoms with van der Waals surface area (Å²) in [7, 11) is -4.53. The van der Waals surface area contributed by atoms with Gasteiger partial charge in [0.25, 0.3) is 16.0 Å². The molecule has 0 heterocycles. The summed E-state index contributed by atoms with van der Waals surface area (Å²) in [5, 5.41) is 23.5. The highest BCUT2D eigenvalue weighted by Gasteiger charge is 2.20. The number of halogens is 2. The Bertz CT molecular complexity index is 1710. The van der Waals surface area contributed by atoms with Crippen LogP contribution in [0.15, 0.2) is 75.8 Å².